The van der Waals surface area contributed by atoms with E-state index in [2.05, 4.69) is 15.9 Å². The summed E-state index contributed by atoms with van der Waals surface area (Å²) in [7, 11) is -3.66. The van der Waals surface area contributed by atoms with Crippen LogP contribution in [0.2, 0.25) is 5.02 Å². The van der Waals surface area contributed by atoms with Crippen molar-refractivity contribution >= 4 is 48.9 Å². The summed E-state index contributed by atoms with van der Waals surface area (Å²) in [6.45, 7) is 0. The molecule has 1 heterocycles. The Hall–Kier alpha value is 0.380. The second-order valence-corrected chi connectivity index (χ2v) is 6.33. The average molecular weight is 277 g/mol. The third kappa shape index (κ3) is 2.16. The Bertz CT molecular complexity index is 371. The lowest BCUT2D eigenvalue weighted by atomic mass is 10.7. The predicted molar refractivity (Wildman–Crippen MR) is 48.4 cm³/mol. The fourth-order valence-corrected chi connectivity index (χ4v) is 3.87. The first-order valence-electron chi connectivity index (χ1n) is 2.39. The van der Waals surface area contributed by atoms with Gasteiger partial charge in [0.05, 0.1) is 8.81 Å². The maximum absolute atomic E-state index is 10.7. The van der Waals surface area contributed by atoms with Crippen LogP contribution in [0.25, 0.3) is 0 Å². The van der Waals surface area contributed by atoms with Crippen LogP contribution in [0.4, 0.5) is 0 Å². The molecular formula is C4H3BrClNO2S2. The molecule has 0 atom stereocenters. The van der Waals surface area contributed by atoms with Gasteiger partial charge in [-0.25, -0.2) is 13.6 Å². The smallest absolute Gasteiger partial charge is 0.224 e. The molecule has 2 N–H and O–H groups in total. The maximum atomic E-state index is 10.7. The van der Waals surface area contributed by atoms with Crippen molar-refractivity contribution in [2.75, 3.05) is 0 Å². The van der Waals surface area contributed by atoms with Crippen LogP contribution in [0.5, 0.6) is 0 Å². The van der Waals surface area contributed by atoms with E-state index >= 15 is 0 Å². The molecule has 3 nitrogen and oxygen atoms in total. The van der Waals surface area contributed by atoms with Crippen molar-refractivity contribution in [3.05, 3.63) is 14.9 Å². The normalized spacial score (nSPS) is 11.9. The molecule has 0 unspecified atom stereocenters. The molecule has 0 aliphatic heterocycles. The van der Waals surface area contributed by atoms with E-state index in [0.717, 1.165) is 11.3 Å². The molecule has 11 heavy (non-hydrogen) atoms. The minimum absolute atomic E-state index is 0.00829. The lowest BCUT2D eigenvalue weighted by Crippen LogP contribution is -2.10. The molecular weight excluding hydrogens is 274 g/mol. The van der Waals surface area contributed by atoms with Gasteiger partial charge in [0.1, 0.15) is 0 Å². The van der Waals surface area contributed by atoms with E-state index in [1.165, 1.54) is 6.07 Å². The second kappa shape index (κ2) is 3.02. The van der Waals surface area contributed by atoms with Gasteiger partial charge in [0.25, 0.3) is 0 Å². The van der Waals surface area contributed by atoms with Crippen LogP contribution in [0.3, 0.4) is 0 Å². The highest BCUT2D eigenvalue weighted by Gasteiger charge is 2.16. The monoisotopic (exact) mass is 275 g/mol. The van der Waals surface area contributed by atoms with Gasteiger partial charge in [0.15, 0.2) is 4.21 Å². The van der Waals surface area contributed by atoms with Crippen molar-refractivity contribution in [1.82, 2.24) is 0 Å². The number of primary sulfonamides is 1. The molecule has 0 radical (unpaired) electrons. The Morgan fingerprint density at radius 3 is 2.36 bits per heavy atom. The van der Waals surface area contributed by atoms with Gasteiger partial charge in [0, 0.05) is 0 Å². The molecule has 7 heteroatoms. The summed E-state index contributed by atoms with van der Waals surface area (Å²) in [5, 5.41) is 5.01. The summed E-state index contributed by atoms with van der Waals surface area (Å²) in [5.41, 5.74) is 0. The fourth-order valence-electron chi connectivity index (χ4n) is 0.519. The number of hydrogen-bond acceptors (Lipinski definition) is 3. The molecule has 1 aromatic rings. The number of sulfonamides is 1. The number of thiophene rings is 1. The largest absolute Gasteiger partial charge is 0.249 e. The van der Waals surface area contributed by atoms with Crippen molar-refractivity contribution in [2.45, 2.75) is 4.21 Å². The van der Waals surface area contributed by atoms with Gasteiger partial charge in [-0.15, -0.1) is 11.3 Å². The Labute approximate surface area is 81.3 Å². The Kier molecular flexibility index (Phi) is 2.60. The lowest BCUT2D eigenvalue weighted by molar-refractivity contribution is 0.600. The Balaban J connectivity index is 3.36. The van der Waals surface area contributed by atoms with E-state index in [1.807, 2.05) is 0 Å². The molecule has 0 aliphatic rings. The van der Waals surface area contributed by atoms with Crippen LogP contribution in [0.1, 0.15) is 0 Å². The van der Waals surface area contributed by atoms with Gasteiger partial charge >= 0.3 is 0 Å². The van der Waals surface area contributed by atoms with Gasteiger partial charge in [-0.1, -0.05) is 11.6 Å². The van der Waals surface area contributed by atoms with E-state index in [1.54, 1.807) is 0 Å². The van der Waals surface area contributed by atoms with Crippen LogP contribution in [-0.4, -0.2) is 8.42 Å². The summed E-state index contributed by atoms with van der Waals surface area (Å²) >= 11 is 9.63. The average Bonchev–Trinajstić information content (AvgIpc) is 2.08. The SMILES string of the molecule is NS(=O)(=O)c1sc(Br)cc1Cl. The first-order valence-corrected chi connectivity index (χ1v) is 5.92. The zero-order valence-corrected chi connectivity index (χ0v) is 9.02. The number of hydrogen-bond donors (Lipinski definition) is 1. The number of nitrogens with two attached hydrogens (primary N) is 1. The first kappa shape index (κ1) is 9.47. The van der Waals surface area contributed by atoms with Gasteiger partial charge < -0.3 is 0 Å². The highest BCUT2D eigenvalue weighted by molar-refractivity contribution is 9.11. The van der Waals surface area contributed by atoms with Crippen LogP contribution in [0.15, 0.2) is 14.1 Å². The summed E-state index contributed by atoms with van der Waals surface area (Å²) < 4.78 is 22.1. The lowest BCUT2D eigenvalue weighted by Gasteiger charge is -1.90. The first-order chi connectivity index (χ1) is 4.91. The van der Waals surface area contributed by atoms with Crippen molar-refractivity contribution in [2.24, 2.45) is 5.14 Å². The van der Waals surface area contributed by atoms with E-state index in [4.69, 9.17) is 16.7 Å². The van der Waals surface area contributed by atoms with Crippen molar-refractivity contribution in [3.63, 3.8) is 0 Å². The van der Waals surface area contributed by atoms with Crippen LogP contribution in [0, 0.1) is 0 Å². The Morgan fingerprint density at radius 2 is 2.18 bits per heavy atom. The molecule has 0 bridgehead atoms. The topological polar surface area (TPSA) is 60.2 Å². The summed E-state index contributed by atoms with van der Waals surface area (Å²) in [4.78, 5) is 0. The van der Waals surface area contributed by atoms with E-state index in [0.29, 0.717) is 3.79 Å². The third-order valence-corrected chi connectivity index (χ3v) is 4.52. The fraction of sp³-hybridized carbons (Fsp3) is 0. The minimum atomic E-state index is -3.66. The van der Waals surface area contributed by atoms with Gasteiger partial charge in [-0.3, -0.25) is 0 Å². The highest BCUT2D eigenvalue weighted by atomic mass is 79.9. The van der Waals surface area contributed by atoms with Crippen LogP contribution >= 0.6 is 38.9 Å². The molecule has 1 rings (SSSR count). The quantitative estimate of drug-likeness (QED) is 0.850. The second-order valence-electron chi connectivity index (χ2n) is 1.73. The van der Waals surface area contributed by atoms with Crippen molar-refractivity contribution in [1.29, 1.82) is 0 Å². The highest BCUT2D eigenvalue weighted by Crippen LogP contribution is 2.33. The zero-order chi connectivity index (χ0) is 8.65. The summed E-state index contributed by atoms with van der Waals surface area (Å²) in [6.07, 6.45) is 0. The maximum Gasteiger partial charge on any atom is 0.249 e. The van der Waals surface area contributed by atoms with Crippen molar-refractivity contribution in [3.8, 4) is 0 Å². The molecule has 0 aliphatic carbocycles. The summed E-state index contributed by atoms with van der Waals surface area (Å²) in [6, 6.07) is 1.49. The van der Waals surface area contributed by atoms with E-state index < -0.39 is 10.0 Å². The number of rotatable bonds is 1. The van der Waals surface area contributed by atoms with Crippen LogP contribution < -0.4 is 5.14 Å². The number of halogens is 2. The van der Waals surface area contributed by atoms with Gasteiger partial charge in [-0.05, 0) is 22.0 Å². The van der Waals surface area contributed by atoms with E-state index in [9.17, 15) is 8.42 Å². The van der Waals surface area contributed by atoms with Gasteiger partial charge in [-0.2, -0.15) is 0 Å². The summed E-state index contributed by atoms with van der Waals surface area (Å²) in [5.74, 6) is 0. The molecule has 0 aromatic carbocycles. The minimum Gasteiger partial charge on any atom is -0.224 e. The van der Waals surface area contributed by atoms with Crippen molar-refractivity contribution < 1.29 is 8.42 Å². The Morgan fingerprint density at radius 1 is 1.64 bits per heavy atom. The van der Waals surface area contributed by atoms with Gasteiger partial charge in [0.2, 0.25) is 10.0 Å². The third-order valence-electron chi connectivity index (χ3n) is 0.884. The molecule has 0 saturated heterocycles. The standard InChI is InChI=1S/C4H3BrClNO2S2/c5-3-1-2(6)4(10-3)11(7,8)9/h1H,(H2,7,8,9). The molecule has 1 aromatic heterocycles. The predicted octanol–water partition coefficient (Wildman–Crippen LogP) is 1.81. The van der Waals surface area contributed by atoms with E-state index in [-0.39, 0.29) is 9.23 Å². The molecule has 0 fully saturated rings. The molecule has 0 spiro atoms. The zero-order valence-electron chi connectivity index (χ0n) is 5.04. The molecule has 62 valence electrons. The molecule has 0 saturated carbocycles. The van der Waals surface area contributed by atoms with Crippen LogP contribution in [-0.2, 0) is 10.0 Å². The molecule has 0 amide bonds.